The van der Waals surface area contributed by atoms with Gasteiger partial charge in [-0.1, -0.05) is 42.2 Å². The molecule has 0 aromatic heterocycles. The summed E-state index contributed by atoms with van der Waals surface area (Å²) in [5, 5.41) is 21.3. The summed E-state index contributed by atoms with van der Waals surface area (Å²) in [6.07, 6.45) is 0. The molecule has 218 valence electrons. The number of aromatic carboxylic acids is 1. The molecule has 0 bridgehead atoms. The Morgan fingerprint density at radius 3 is 2.10 bits per heavy atom. The Hall–Kier alpha value is -4.70. The number of hydrogen-bond donors (Lipinski definition) is 4. The molecule has 1 heterocycles. The summed E-state index contributed by atoms with van der Waals surface area (Å²) in [4.78, 5) is 37.5. The van der Waals surface area contributed by atoms with Gasteiger partial charge in [-0.05, 0) is 55.0 Å². The molecule has 12 heteroatoms. The molecule has 1 aliphatic heterocycles. The van der Waals surface area contributed by atoms with Crippen molar-refractivity contribution in [1.82, 2.24) is 14.3 Å². The predicted octanol–water partition coefficient (Wildman–Crippen LogP) is 2.14. The highest BCUT2D eigenvalue weighted by Crippen LogP contribution is 2.19. The van der Waals surface area contributed by atoms with E-state index < -0.39 is 34.1 Å². The van der Waals surface area contributed by atoms with Crippen molar-refractivity contribution in [2.45, 2.75) is 19.5 Å². The number of anilines is 1. The van der Waals surface area contributed by atoms with Gasteiger partial charge in [-0.25, -0.2) is 4.79 Å². The third kappa shape index (κ3) is 7.73. The Kier molecular flexibility index (Phi) is 9.59. The molecule has 11 nitrogen and oxygen atoms in total. The third-order valence-electron chi connectivity index (χ3n) is 6.65. The van der Waals surface area contributed by atoms with Gasteiger partial charge < -0.3 is 20.4 Å². The lowest BCUT2D eigenvalue weighted by atomic mass is 10.0. The van der Waals surface area contributed by atoms with Crippen LogP contribution in [0.1, 0.15) is 44.3 Å². The Morgan fingerprint density at radius 2 is 1.48 bits per heavy atom. The summed E-state index contributed by atoms with van der Waals surface area (Å²) in [7, 11) is -3.91. The summed E-state index contributed by atoms with van der Waals surface area (Å²) in [5.41, 5.74) is 2.86. The molecule has 0 spiro atoms. The lowest BCUT2D eigenvalue weighted by Crippen LogP contribution is -2.54. The maximum atomic E-state index is 12.8. The van der Waals surface area contributed by atoms with E-state index in [0.717, 1.165) is 11.3 Å². The molecule has 1 fully saturated rings. The minimum absolute atomic E-state index is 0.0225. The van der Waals surface area contributed by atoms with Crippen molar-refractivity contribution in [3.8, 4) is 11.8 Å². The molecule has 0 radical (unpaired) electrons. The van der Waals surface area contributed by atoms with Crippen LogP contribution in [0.25, 0.3) is 0 Å². The first-order chi connectivity index (χ1) is 20.0. The summed E-state index contributed by atoms with van der Waals surface area (Å²) < 4.78 is 28.3. The third-order valence-corrected chi connectivity index (χ3v) is 8.35. The van der Waals surface area contributed by atoms with Crippen LogP contribution in [-0.4, -0.2) is 73.0 Å². The SMILES string of the molecule is C[C@@H](NS(=O)(=O)N1CCN(c2ccc(C#Cc3ccc(C(=O)O)c(C(=O)NCc4ccccc4)c3)cc2)CC1)C(=O)O. The highest BCUT2D eigenvalue weighted by molar-refractivity contribution is 7.87. The second-order valence-electron chi connectivity index (χ2n) is 9.60. The molecule has 3 aromatic rings. The molecule has 1 atom stereocenters. The van der Waals surface area contributed by atoms with E-state index in [1.54, 1.807) is 6.07 Å². The quantitative estimate of drug-likeness (QED) is 0.276. The van der Waals surface area contributed by atoms with Crippen LogP contribution in [0.15, 0.2) is 72.8 Å². The molecule has 4 rings (SSSR count). The Balaban J connectivity index is 1.40. The van der Waals surface area contributed by atoms with E-state index in [4.69, 9.17) is 5.11 Å². The molecule has 0 saturated carbocycles. The van der Waals surface area contributed by atoms with Crippen LogP contribution in [0.5, 0.6) is 0 Å². The maximum Gasteiger partial charge on any atom is 0.336 e. The van der Waals surface area contributed by atoms with Crippen LogP contribution in [-0.2, 0) is 21.5 Å². The molecule has 42 heavy (non-hydrogen) atoms. The zero-order chi connectivity index (χ0) is 30.3. The fourth-order valence-corrected chi connectivity index (χ4v) is 5.65. The van der Waals surface area contributed by atoms with Crippen LogP contribution < -0.4 is 14.9 Å². The van der Waals surface area contributed by atoms with E-state index in [0.29, 0.717) is 24.2 Å². The minimum atomic E-state index is -3.91. The first kappa shape index (κ1) is 30.3. The number of carboxylic acid groups (broad SMARTS) is 2. The Bertz CT molecular complexity index is 1620. The van der Waals surface area contributed by atoms with E-state index in [9.17, 15) is 27.9 Å². The van der Waals surface area contributed by atoms with E-state index in [-0.39, 0.29) is 30.8 Å². The number of carbonyl (C=O) groups is 3. The molecular formula is C30H30N4O7S. The largest absolute Gasteiger partial charge is 0.480 e. The first-order valence-corrected chi connectivity index (χ1v) is 14.5. The second-order valence-corrected chi connectivity index (χ2v) is 11.3. The smallest absolute Gasteiger partial charge is 0.336 e. The highest BCUT2D eigenvalue weighted by Gasteiger charge is 2.29. The van der Waals surface area contributed by atoms with Crippen LogP contribution in [0.2, 0.25) is 0 Å². The van der Waals surface area contributed by atoms with Gasteiger partial charge in [0.25, 0.3) is 16.1 Å². The standard InChI is InChI=1S/C30H30N4O7S/c1-21(29(36)37)32-42(40,41)34-17-15-33(16-18-34)25-12-9-22(10-13-25)7-8-23-11-14-26(30(38)39)27(19-23)28(35)31-20-24-5-3-2-4-6-24/h2-6,9-14,19,21,32H,15-18,20H2,1H3,(H,31,35)(H,36,37)(H,38,39)/t21-/m1/s1. The van der Waals surface area contributed by atoms with Crippen molar-refractivity contribution < 1.29 is 33.0 Å². The number of nitrogens with one attached hydrogen (secondary N) is 2. The number of aliphatic carboxylic acids is 1. The zero-order valence-electron chi connectivity index (χ0n) is 22.8. The van der Waals surface area contributed by atoms with E-state index in [1.165, 1.54) is 23.4 Å². The van der Waals surface area contributed by atoms with Crippen molar-refractivity contribution in [1.29, 1.82) is 0 Å². The van der Waals surface area contributed by atoms with Crippen molar-refractivity contribution in [3.05, 3.63) is 101 Å². The van der Waals surface area contributed by atoms with Crippen molar-refractivity contribution in [3.63, 3.8) is 0 Å². The van der Waals surface area contributed by atoms with Gasteiger partial charge in [0, 0.05) is 49.5 Å². The van der Waals surface area contributed by atoms with Gasteiger partial charge >= 0.3 is 11.9 Å². The van der Waals surface area contributed by atoms with Crippen LogP contribution in [0, 0.1) is 11.8 Å². The normalized spacial score (nSPS) is 14.4. The monoisotopic (exact) mass is 590 g/mol. The number of benzene rings is 3. The average Bonchev–Trinajstić information content (AvgIpc) is 2.99. The van der Waals surface area contributed by atoms with Gasteiger partial charge in [0.05, 0.1) is 11.1 Å². The van der Waals surface area contributed by atoms with Gasteiger partial charge in [-0.3, -0.25) is 9.59 Å². The van der Waals surface area contributed by atoms with E-state index in [1.807, 2.05) is 59.5 Å². The number of carbonyl (C=O) groups excluding carboxylic acids is 1. The number of carboxylic acids is 2. The van der Waals surface area contributed by atoms with Gasteiger partial charge in [-0.15, -0.1) is 0 Å². The summed E-state index contributed by atoms with van der Waals surface area (Å²) in [6, 6.07) is 19.8. The zero-order valence-corrected chi connectivity index (χ0v) is 23.6. The summed E-state index contributed by atoms with van der Waals surface area (Å²) >= 11 is 0. The highest BCUT2D eigenvalue weighted by atomic mass is 32.2. The van der Waals surface area contributed by atoms with Crippen LogP contribution >= 0.6 is 0 Å². The van der Waals surface area contributed by atoms with E-state index >= 15 is 0 Å². The summed E-state index contributed by atoms with van der Waals surface area (Å²) in [6.45, 7) is 2.80. The molecule has 3 aromatic carbocycles. The second kappa shape index (κ2) is 13.3. The fraction of sp³-hybridized carbons (Fsp3) is 0.233. The van der Waals surface area contributed by atoms with Crippen molar-refractivity contribution in [2.24, 2.45) is 0 Å². The van der Waals surface area contributed by atoms with Gasteiger partial charge in [-0.2, -0.15) is 17.4 Å². The van der Waals surface area contributed by atoms with Crippen molar-refractivity contribution in [2.75, 3.05) is 31.1 Å². The summed E-state index contributed by atoms with van der Waals surface area (Å²) in [5.74, 6) is 3.04. The Morgan fingerprint density at radius 1 is 0.857 bits per heavy atom. The number of hydrogen-bond acceptors (Lipinski definition) is 6. The molecule has 0 unspecified atom stereocenters. The van der Waals surface area contributed by atoms with Crippen LogP contribution in [0.4, 0.5) is 5.69 Å². The molecule has 0 aliphatic carbocycles. The number of amides is 1. The minimum Gasteiger partial charge on any atom is -0.480 e. The molecular weight excluding hydrogens is 560 g/mol. The average molecular weight is 591 g/mol. The van der Waals surface area contributed by atoms with Crippen LogP contribution in [0.3, 0.4) is 0 Å². The molecule has 4 N–H and O–H groups in total. The van der Waals surface area contributed by atoms with Gasteiger partial charge in [0.2, 0.25) is 0 Å². The molecule has 1 saturated heterocycles. The fourth-order valence-electron chi connectivity index (χ4n) is 4.30. The Labute approximate surface area is 244 Å². The molecule has 1 aliphatic rings. The van der Waals surface area contributed by atoms with Gasteiger partial charge in [0.15, 0.2) is 0 Å². The molecule has 1 amide bonds. The maximum absolute atomic E-state index is 12.8. The lowest BCUT2D eigenvalue weighted by molar-refractivity contribution is -0.138. The topological polar surface area (TPSA) is 156 Å². The van der Waals surface area contributed by atoms with Gasteiger partial charge in [0.1, 0.15) is 6.04 Å². The lowest BCUT2D eigenvalue weighted by Gasteiger charge is -2.35. The van der Waals surface area contributed by atoms with E-state index in [2.05, 4.69) is 21.9 Å². The first-order valence-electron chi connectivity index (χ1n) is 13.1. The van der Waals surface area contributed by atoms with Crippen molar-refractivity contribution >= 4 is 33.7 Å². The predicted molar refractivity (Wildman–Crippen MR) is 156 cm³/mol. The number of nitrogens with zero attached hydrogens (tertiary/aromatic N) is 2. The number of piperazine rings is 1. The number of rotatable bonds is 9.